The summed E-state index contributed by atoms with van der Waals surface area (Å²) in [6.45, 7) is 2.64. The Hall–Kier alpha value is -0.860. The molecular formula is C14H21ClN2O4S. The van der Waals surface area contributed by atoms with Gasteiger partial charge in [0.1, 0.15) is 10.6 Å². The summed E-state index contributed by atoms with van der Waals surface area (Å²) in [4.78, 5) is 0.0648. The zero-order valence-electron chi connectivity index (χ0n) is 12.5. The Labute approximate surface area is 136 Å². The molecule has 0 amide bonds. The summed E-state index contributed by atoms with van der Waals surface area (Å²) in [5.41, 5.74) is 0. The lowest BCUT2D eigenvalue weighted by Crippen LogP contribution is -2.31. The lowest BCUT2D eigenvalue weighted by atomic mass is 10.1. The molecule has 1 atom stereocenters. The van der Waals surface area contributed by atoms with Gasteiger partial charge >= 0.3 is 0 Å². The van der Waals surface area contributed by atoms with Crippen molar-refractivity contribution >= 4 is 21.6 Å². The van der Waals surface area contributed by atoms with E-state index < -0.39 is 10.0 Å². The van der Waals surface area contributed by atoms with Crippen LogP contribution in [-0.4, -0.2) is 48.4 Å². The van der Waals surface area contributed by atoms with E-state index in [-0.39, 0.29) is 4.90 Å². The van der Waals surface area contributed by atoms with E-state index in [4.69, 9.17) is 21.1 Å². The van der Waals surface area contributed by atoms with Gasteiger partial charge in [-0.05, 0) is 31.7 Å². The fourth-order valence-corrected chi connectivity index (χ4v) is 3.56. The Morgan fingerprint density at radius 2 is 2.23 bits per heavy atom. The molecule has 1 aromatic carbocycles. The molecule has 6 nitrogen and oxygen atoms in total. The van der Waals surface area contributed by atoms with Crippen LogP contribution in [0.15, 0.2) is 23.1 Å². The van der Waals surface area contributed by atoms with E-state index in [1.54, 1.807) is 19.2 Å². The number of hydrogen-bond acceptors (Lipinski definition) is 5. The average Bonchev–Trinajstić information content (AvgIpc) is 2.99. The molecule has 1 fully saturated rings. The minimum absolute atomic E-state index is 0.0648. The second-order valence-corrected chi connectivity index (χ2v) is 7.30. The zero-order valence-corrected chi connectivity index (χ0v) is 14.0. The molecule has 1 saturated heterocycles. The molecule has 2 N–H and O–H groups in total. The molecule has 0 saturated carbocycles. The van der Waals surface area contributed by atoms with Crippen LogP contribution in [0, 0.1) is 5.92 Å². The van der Waals surface area contributed by atoms with Crippen LogP contribution in [0.4, 0.5) is 0 Å². The van der Waals surface area contributed by atoms with Gasteiger partial charge in [-0.15, -0.1) is 0 Å². The highest BCUT2D eigenvalue weighted by Gasteiger charge is 2.22. The van der Waals surface area contributed by atoms with Gasteiger partial charge in [0.15, 0.2) is 0 Å². The molecule has 0 aliphatic carbocycles. The molecule has 1 unspecified atom stereocenters. The highest BCUT2D eigenvalue weighted by Crippen LogP contribution is 2.28. The number of halogens is 1. The lowest BCUT2D eigenvalue weighted by Gasteiger charge is -2.15. The van der Waals surface area contributed by atoms with Crippen molar-refractivity contribution in [2.75, 3.05) is 40.0 Å². The Morgan fingerprint density at radius 3 is 2.91 bits per heavy atom. The molecule has 1 aliphatic heterocycles. The third-order valence-electron chi connectivity index (χ3n) is 3.36. The Balaban J connectivity index is 2.12. The van der Waals surface area contributed by atoms with Crippen LogP contribution < -0.4 is 14.8 Å². The predicted octanol–water partition coefficient (Wildman–Crippen LogP) is 1.25. The molecule has 1 heterocycles. The van der Waals surface area contributed by atoms with Crippen LogP contribution in [0.5, 0.6) is 5.75 Å². The Kier molecular flexibility index (Phi) is 6.46. The zero-order chi connectivity index (χ0) is 16.0. The first-order chi connectivity index (χ1) is 10.5. The Morgan fingerprint density at radius 1 is 1.41 bits per heavy atom. The number of sulfonamides is 1. The molecule has 0 bridgehead atoms. The molecule has 0 spiro atoms. The first kappa shape index (κ1) is 17.5. The van der Waals surface area contributed by atoms with Crippen LogP contribution in [0.25, 0.3) is 0 Å². The van der Waals surface area contributed by atoms with Gasteiger partial charge in [-0.1, -0.05) is 11.6 Å². The molecule has 0 aromatic heterocycles. The van der Waals surface area contributed by atoms with Crippen molar-refractivity contribution in [2.45, 2.75) is 11.3 Å². The summed E-state index contributed by atoms with van der Waals surface area (Å²) in [7, 11) is -1.91. The summed E-state index contributed by atoms with van der Waals surface area (Å²) in [6.07, 6.45) is 0.927. The summed E-state index contributed by atoms with van der Waals surface area (Å²) < 4.78 is 38.3. The van der Waals surface area contributed by atoms with Gasteiger partial charge in [0, 0.05) is 30.6 Å². The number of ether oxygens (including phenoxy) is 2. The van der Waals surface area contributed by atoms with Gasteiger partial charge in [-0.25, -0.2) is 13.1 Å². The van der Waals surface area contributed by atoms with Crippen LogP contribution in [0.3, 0.4) is 0 Å². The summed E-state index contributed by atoms with van der Waals surface area (Å²) in [6, 6.07) is 4.61. The van der Waals surface area contributed by atoms with Crippen molar-refractivity contribution in [1.82, 2.24) is 10.0 Å². The third-order valence-corrected chi connectivity index (χ3v) is 5.08. The highest BCUT2D eigenvalue weighted by atomic mass is 35.5. The molecule has 2 rings (SSSR count). The fourth-order valence-electron chi connectivity index (χ4n) is 2.12. The lowest BCUT2D eigenvalue weighted by molar-refractivity contribution is 0.166. The van der Waals surface area contributed by atoms with E-state index >= 15 is 0 Å². The third kappa shape index (κ3) is 4.82. The van der Waals surface area contributed by atoms with Gasteiger partial charge in [0.05, 0.1) is 13.2 Å². The van der Waals surface area contributed by atoms with Crippen molar-refractivity contribution in [3.63, 3.8) is 0 Å². The van der Waals surface area contributed by atoms with Gasteiger partial charge in [0.2, 0.25) is 10.0 Å². The standard InChI is InChI=1S/C14H21ClN2O4S/c1-16-5-6-17-22(18,19)14-8-12(15)2-3-13(14)21-10-11-4-7-20-9-11/h2-3,8,11,16-17H,4-7,9-10H2,1H3. The molecule has 1 aliphatic rings. The Bertz CT molecular complexity index is 589. The van der Waals surface area contributed by atoms with Gasteiger partial charge in [-0.2, -0.15) is 0 Å². The first-order valence-corrected chi connectivity index (χ1v) is 9.03. The van der Waals surface area contributed by atoms with Crippen LogP contribution in [0.2, 0.25) is 5.02 Å². The van der Waals surface area contributed by atoms with Crippen molar-refractivity contribution in [3.05, 3.63) is 23.2 Å². The van der Waals surface area contributed by atoms with E-state index in [1.165, 1.54) is 6.07 Å². The van der Waals surface area contributed by atoms with E-state index in [2.05, 4.69) is 10.0 Å². The smallest absolute Gasteiger partial charge is 0.244 e. The first-order valence-electron chi connectivity index (χ1n) is 7.17. The van der Waals surface area contributed by atoms with Crippen molar-refractivity contribution in [1.29, 1.82) is 0 Å². The van der Waals surface area contributed by atoms with Gasteiger partial charge in [-0.3, -0.25) is 0 Å². The number of hydrogen-bond donors (Lipinski definition) is 2. The van der Waals surface area contributed by atoms with Crippen LogP contribution in [-0.2, 0) is 14.8 Å². The second-order valence-electron chi connectivity index (χ2n) is 5.13. The number of nitrogens with one attached hydrogen (secondary N) is 2. The second kappa shape index (κ2) is 8.12. The molecule has 124 valence electrons. The van der Waals surface area contributed by atoms with E-state index in [9.17, 15) is 8.42 Å². The number of benzene rings is 1. The number of rotatable bonds is 8. The molecule has 1 aromatic rings. The monoisotopic (exact) mass is 348 g/mol. The summed E-state index contributed by atoms with van der Waals surface area (Å²) in [5.74, 6) is 0.608. The average molecular weight is 349 g/mol. The maximum absolute atomic E-state index is 12.4. The topological polar surface area (TPSA) is 76.7 Å². The molecular weight excluding hydrogens is 328 g/mol. The van der Waals surface area contributed by atoms with E-state index in [0.29, 0.717) is 43.0 Å². The van der Waals surface area contributed by atoms with Gasteiger partial charge < -0.3 is 14.8 Å². The van der Waals surface area contributed by atoms with Crippen molar-refractivity contribution < 1.29 is 17.9 Å². The quantitative estimate of drug-likeness (QED) is 0.691. The fraction of sp³-hybridized carbons (Fsp3) is 0.571. The molecule has 8 heteroatoms. The van der Waals surface area contributed by atoms with E-state index in [1.807, 2.05) is 0 Å². The maximum Gasteiger partial charge on any atom is 0.244 e. The van der Waals surface area contributed by atoms with Crippen molar-refractivity contribution in [2.24, 2.45) is 5.92 Å². The minimum Gasteiger partial charge on any atom is -0.492 e. The normalized spacial score (nSPS) is 18.5. The maximum atomic E-state index is 12.4. The molecule has 0 radical (unpaired) electrons. The van der Waals surface area contributed by atoms with Gasteiger partial charge in [0.25, 0.3) is 0 Å². The van der Waals surface area contributed by atoms with Crippen LogP contribution >= 0.6 is 11.6 Å². The number of likely N-dealkylation sites (N-methyl/N-ethyl adjacent to an activating group) is 1. The summed E-state index contributed by atoms with van der Waals surface area (Å²) in [5, 5.41) is 3.23. The van der Waals surface area contributed by atoms with Crippen LogP contribution in [0.1, 0.15) is 6.42 Å². The largest absolute Gasteiger partial charge is 0.492 e. The predicted molar refractivity (Wildman–Crippen MR) is 85.0 cm³/mol. The highest BCUT2D eigenvalue weighted by molar-refractivity contribution is 7.89. The van der Waals surface area contributed by atoms with E-state index in [0.717, 1.165) is 13.0 Å². The molecule has 22 heavy (non-hydrogen) atoms. The SMILES string of the molecule is CNCCNS(=O)(=O)c1cc(Cl)ccc1OCC1CCOC1. The van der Waals surface area contributed by atoms with Crippen molar-refractivity contribution in [3.8, 4) is 5.75 Å². The summed E-state index contributed by atoms with van der Waals surface area (Å²) >= 11 is 5.93. The minimum atomic E-state index is -3.66.